The van der Waals surface area contributed by atoms with Crippen LogP contribution in [0.25, 0.3) is 0 Å². The van der Waals surface area contributed by atoms with E-state index in [1.54, 1.807) is 0 Å². The Balaban J connectivity index is 2.24. The first-order valence-corrected chi connectivity index (χ1v) is 5.94. The molecule has 0 aliphatic carbocycles. The topological polar surface area (TPSA) is 15.3 Å². The van der Waals surface area contributed by atoms with Crippen molar-refractivity contribution in [1.82, 2.24) is 10.2 Å². The number of rotatable bonds is 6. The number of nitrogens with zero attached hydrogens (tertiary/aromatic N) is 1. The maximum absolute atomic E-state index is 3.77. The molecule has 2 heteroatoms. The number of nitrogens with one attached hydrogen (secondary N) is 1. The van der Waals surface area contributed by atoms with Gasteiger partial charge in [0.25, 0.3) is 0 Å². The summed E-state index contributed by atoms with van der Waals surface area (Å²) in [6.07, 6.45) is 7.09. The van der Waals surface area contributed by atoms with E-state index in [9.17, 15) is 0 Å². The van der Waals surface area contributed by atoms with Crippen molar-refractivity contribution in [2.45, 2.75) is 38.6 Å². The third-order valence-corrected chi connectivity index (χ3v) is 3.08. The van der Waals surface area contributed by atoms with E-state index in [0.717, 1.165) is 12.5 Å². The molecule has 1 N–H and O–H groups in total. The van der Waals surface area contributed by atoms with Gasteiger partial charge < -0.3 is 10.2 Å². The fourth-order valence-electron chi connectivity index (χ4n) is 2.21. The molecule has 0 aromatic heterocycles. The Bertz CT molecular complexity index is 150. The second kappa shape index (κ2) is 7.02. The highest BCUT2D eigenvalue weighted by molar-refractivity contribution is 4.78. The Kier molecular flexibility index (Phi) is 5.88. The molecule has 0 radical (unpaired) electrons. The first-order valence-electron chi connectivity index (χ1n) is 5.94. The van der Waals surface area contributed by atoms with Crippen LogP contribution in [0.4, 0.5) is 0 Å². The lowest BCUT2D eigenvalue weighted by molar-refractivity contribution is 0.169. The van der Waals surface area contributed by atoms with Crippen LogP contribution in [0.1, 0.15) is 32.6 Å². The van der Waals surface area contributed by atoms with Crippen LogP contribution in [-0.2, 0) is 0 Å². The van der Waals surface area contributed by atoms with Crippen LogP contribution in [0.15, 0.2) is 12.7 Å². The van der Waals surface area contributed by atoms with Gasteiger partial charge in [0, 0.05) is 6.04 Å². The Hall–Kier alpha value is -0.340. The third kappa shape index (κ3) is 3.81. The van der Waals surface area contributed by atoms with E-state index in [-0.39, 0.29) is 0 Å². The van der Waals surface area contributed by atoms with Gasteiger partial charge in [-0.15, -0.1) is 6.58 Å². The Morgan fingerprint density at radius 2 is 2.14 bits per heavy atom. The van der Waals surface area contributed by atoms with Gasteiger partial charge in [0.05, 0.1) is 0 Å². The molecule has 0 aromatic carbocycles. The van der Waals surface area contributed by atoms with Gasteiger partial charge in [0.2, 0.25) is 0 Å². The lowest BCUT2D eigenvalue weighted by atomic mass is 10.0. The lowest BCUT2D eigenvalue weighted by Gasteiger charge is -2.33. The standard InChI is InChI=1S/C12H24N2/c1-3-5-6-11-14(4-2)12-7-9-13-10-8-12/h3,12-13H,1,4-11H2,2H3. The van der Waals surface area contributed by atoms with E-state index in [1.165, 1.54) is 45.4 Å². The quantitative estimate of drug-likeness (QED) is 0.516. The van der Waals surface area contributed by atoms with Crippen molar-refractivity contribution in [3.63, 3.8) is 0 Å². The molecule has 0 bridgehead atoms. The average Bonchev–Trinajstić information content (AvgIpc) is 2.26. The van der Waals surface area contributed by atoms with Gasteiger partial charge in [-0.05, 0) is 51.9 Å². The van der Waals surface area contributed by atoms with Crippen molar-refractivity contribution < 1.29 is 0 Å². The zero-order valence-electron chi connectivity index (χ0n) is 9.47. The second-order valence-corrected chi connectivity index (χ2v) is 4.04. The summed E-state index contributed by atoms with van der Waals surface area (Å²) in [6.45, 7) is 10.9. The maximum Gasteiger partial charge on any atom is 0.0119 e. The minimum absolute atomic E-state index is 0.825. The fraction of sp³-hybridized carbons (Fsp3) is 0.833. The predicted molar refractivity (Wildman–Crippen MR) is 62.6 cm³/mol. The summed E-state index contributed by atoms with van der Waals surface area (Å²) in [4.78, 5) is 2.63. The van der Waals surface area contributed by atoms with E-state index >= 15 is 0 Å². The molecule has 1 aliphatic rings. The molecular weight excluding hydrogens is 172 g/mol. The minimum atomic E-state index is 0.825. The van der Waals surface area contributed by atoms with Crippen LogP contribution in [-0.4, -0.2) is 37.1 Å². The maximum atomic E-state index is 3.77. The molecule has 0 saturated carbocycles. The molecule has 1 heterocycles. The normalized spacial score (nSPS) is 18.7. The van der Waals surface area contributed by atoms with E-state index in [0.29, 0.717) is 0 Å². The van der Waals surface area contributed by atoms with Crippen molar-refractivity contribution in [1.29, 1.82) is 0 Å². The highest BCUT2D eigenvalue weighted by Gasteiger charge is 2.18. The van der Waals surface area contributed by atoms with Gasteiger partial charge in [0.15, 0.2) is 0 Å². The Morgan fingerprint density at radius 3 is 2.71 bits per heavy atom. The van der Waals surface area contributed by atoms with Crippen molar-refractivity contribution in [2.24, 2.45) is 0 Å². The lowest BCUT2D eigenvalue weighted by Crippen LogP contribution is -2.43. The predicted octanol–water partition coefficient (Wildman–Crippen LogP) is 2.03. The van der Waals surface area contributed by atoms with Gasteiger partial charge in [-0.2, -0.15) is 0 Å². The number of hydrogen-bond acceptors (Lipinski definition) is 2. The van der Waals surface area contributed by atoms with E-state index in [4.69, 9.17) is 0 Å². The number of unbranched alkanes of at least 4 members (excludes halogenated alkanes) is 1. The summed E-state index contributed by atoms with van der Waals surface area (Å²) in [7, 11) is 0. The summed E-state index contributed by atoms with van der Waals surface area (Å²) >= 11 is 0. The second-order valence-electron chi connectivity index (χ2n) is 4.04. The number of hydrogen-bond donors (Lipinski definition) is 1. The van der Waals surface area contributed by atoms with Crippen LogP contribution in [0.3, 0.4) is 0 Å². The van der Waals surface area contributed by atoms with E-state index in [1.807, 2.05) is 6.08 Å². The largest absolute Gasteiger partial charge is 0.317 e. The summed E-state index contributed by atoms with van der Waals surface area (Å²) in [6, 6.07) is 0.825. The molecule has 1 rings (SSSR count). The average molecular weight is 196 g/mol. The molecule has 0 aromatic rings. The molecule has 82 valence electrons. The first kappa shape index (κ1) is 11.7. The van der Waals surface area contributed by atoms with Gasteiger partial charge in [-0.3, -0.25) is 0 Å². The molecule has 14 heavy (non-hydrogen) atoms. The SMILES string of the molecule is C=CCCCN(CC)C1CCNCC1. The van der Waals surface area contributed by atoms with Crippen molar-refractivity contribution >= 4 is 0 Å². The Labute approximate surface area is 88.4 Å². The van der Waals surface area contributed by atoms with Gasteiger partial charge in [-0.1, -0.05) is 13.0 Å². The zero-order chi connectivity index (χ0) is 10.2. The molecule has 2 nitrogen and oxygen atoms in total. The van der Waals surface area contributed by atoms with Crippen LogP contribution in [0.2, 0.25) is 0 Å². The molecule has 0 spiro atoms. The highest BCUT2D eigenvalue weighted by Crippen LogP contribution is 2.12. The number of piperidine rings is 1. The Morgan fingerprint density at radius 1 is 1.43 bits per heavy atom. The van der Waals surface area contributed by atoms with Crippen LogP contribution in [0.5, 0.6) is 0 Å². The molecule has 1 fully saturated rings. The van der Waals surface area contributed by atoms with Crippen LogP contribution < -0.4 is 5.32 Å². The summed E-state index contributed by atoms with van der Waals surface area (Å²) in [5.74, 6) is 0. The van der Waals surface area contributed by atoms with Gasteiger partial charge >= 0.3 is 0 Å². The first-order chi connectivity index (χ1) is 6.88. The van der Waals surface area contributed by atoms with E-state index < -0.39 is 0 Å². The third-order valence-electron chi connectivity index (χ3n) is 3.08. The van der Waals surface area contributed by atoms with Crippen molar-refractivity contribution in [3.05, 3.63) is 12.7 Å². The van der Waals surface area contributed by atoms with Crippen LogP contribution in [0, 0.1) is 0 Å². The molecule has 1 aliphatic heterocycles. The monoisotopic (exact) mass is 196 g/mol. The molecule has 0 amide bonds. The summed E-state index contributed by atoms with van der Waals surface area (Å²) < 4.78 is 0. The number of allylic oxidation sites excluding steroid dienone is 1. The smallest absolute Gasteiger partial charge is 0.0119 e. The fourth-order valence-corrected chi connectivity index (χ4v) is 2.21. The molecular formula is C12H24N2. The molecule has 1 saturated heterocycles. The van der Waals surface area contributed by atoms with Gasteiger partial charge in [-0.25, -0.2) is 0 Å². The van der Waals surface area contributed by atoms with Gasteiger partial charge in [0.1, 0.15) is 0 Å². The summed E-state index contributed by atoms with van der Waals surface area (Å²) in [5, 5.41) is 3.42. The van der Waals surface area contributed by atoms with Crippen molar-refractivity contribution in [3.8, 4) is 0 Å². The minimum Gasteiger partial charge on any atom is -0.317 e. The van der Waals surface area contributed by atoms with Crippen LogP contribution >= 0.6 is 0 Å². The van der Waals surface area contributed by atoms with Crippen molar-refractivity contribution in [2.75, 3.05) is 26.2 Å². The van der Waals surface area contributed by atoms with E-state index in [2.05, 4.69) is 23.7 Å². The summed E-state index contributed by atoms with van der Waals surface area (Å²) in [5.41, 5.74) is 0. The zero-order valence-corrected chi connectivity index (χ0v) is 9.47. The highest BCUT2D eigenvalue weighted by atomic mass is 15.2. The molecule has 0 unspecified atom stereocenters. The molecule has 0 atom stereocenters.